The number of likely N-dealkylation sites (tertiary alicyclic amines) is 1. The molecule has 5 nitrogen and oxygen atoms in total. The maximum absolute atomic E-state index is 12.3. The van der Waals surface area contributed by atoms with E-state index in [2.05, 4.69) is 4.90 Å². The van der Waals surface area contributed by atoms with Gasteiger partial charge in [0.1, 0.15) is 17.9 Å². The zero-order valence-electron chi connectivity index (χ0n) is 15.5. The molecule has 0 unspecified atom stereocenters. The molecule has 2 aliphatic rings. The number of carbonyl (C=O) groups is 1. The molecule has 0 spiro atoms. The highest BCUT2D eigenvalue weighted by molar-refractivity contribution is 5.76. The largest absolute Gasteiger partial charge is 0.479 e. The van der Waals surface area contributed by atoms with E-state index < -0.39 is 0 Å². The summed E-state index contributed by atoms with van der Waals surface area (Å²) in [6.45, 7) is 1.76. The van der Waals surface area contributed by atoms with Crippen molar-refractivity contribution in [3.05, 3.63) is 29.8 Å². The molecule has 1 aromatic rings. The molecule has 1 saturated heterocycles. The van der Waals surface area contributed by atoms with E-state index in [1.807, 2.05) is 30.3 Å². The fourth-order valence-electron chi connectivity index (χ4n) is 4.48. The average Bonchev–Trinajstić information content (AvgIpc) is 3.11. The summed E-state index contributed by atoms with van der Waals surface area (Å²) in [4.78, 5) is 14.6. The van der Waals surface area contributed by atoms with Gasteiger partial charge < -0.3 is 9.47 Å². The van der Waals surface area contributed by atoms with Gasteiger partial charge in [0.2, 0.25) is 0 Å². The molecule has 0 aromatic heterocycles. The summed E-state index contributed by atoms with van der Waals surface area (Å²) in [5.41, 5.74) is 1.15. The van der Waals surface area contributed by atoms with Crippen LogP contribution in [0.25, 0.3) is 0 Å². The molecule has 26 heavy (non-hydrogen) atoms. The number of nitrogens with zero attached hydrogens (tertiary/aromatic N) is 2. The van der Waals surface area contributed by atoms with Gasteiger partial charge in [-0.15, -0.1) is 0 Å². The zero-order valence-corrected chi connectivity index (χ0v) is 15.5. The minimum Gasteiger partial charge on any atom is -0.479 e. The quantitative estimate of drug-likeness (QED) is 0.730. The van der Waals surface area contributed by atoms with E-state index in [1.54, 1.807) is 0 Å². The highest BCUT2D eigenvalue weighted by atomic mass is 16.5. The first-order valence-corrected chi connectivity index (χ1v) is 9.62. The van der Waals surface area contributed by atoms with Gasteiger partial charge in [0, 0.05) is 13.1 Å². The van der Waals surface area contributed by atoms with Crippen molar-refractivity contribution in [2.75, 3.05) is 20.3 Å². The number of rotatable bonds is 6. The zero-order chi connectivity index (χ0) is 18.4. The Morgan fingerprint density at radius 1 is 1.19 bits per heavy atom. The number of hydrogen-bond acceptors (Lipinski definition) is 5. The van der Waals surface area contributed by atoms with E-state index in [1.165, 1.54) is 39.2 Å². The first-order valence-electron chi connectivity index (χ1n) is 9.62. The van der Waals surface area contributed by atoms with Gasteiger partial charge in [-0.2, -0.15) is 5.26 Å². The van der Waals surface area contributed by atoms with Gasteiger partial charge in [-0.1, -0.05) is 44.2 Å². The van der Waals surface area contributed by atoms with E-state index in [0.717, 1.165) is 31.0 Å². The molecule has 2 atom stereocenters. The number of nitriles is 1. The third kappa shape index (κ3) is 4.56. The maximum Gasteiger partial charge on any atom is 0.323 e. The van der Waals surface area contributed by atoms with Crippen molar-refractivity contribution in [1.29, 1.82) is 5.26 Å². The summed E-state index contributed by atoms with van der Waals surface area (Å²) >= 11 is 0. The van der Waals surface area contributed by atoms with Crippen molar-refractivity contribution in [2.45, 2.75) is 51.1 Å². The Labute approximate surface area is 155 Å². The molecular weight excluding hydrogens is 328 g/mol. The fraction of sp³-hybridized carbons (Fsp3) is 0.619. The molecule has 1 aromatic carbocycles. The summed E-state index contributed by atoms with van der Waals surface area (Å²) in [6.07, 6.45) is 7.53. The number of esters is 1. The summed E-state index contributed by atoms with van der Waals surface area (Å²) < 4.78 is 10.4. The van der Waals surface area contributed by atoms with Gasteiger partial charge in [-0.05, 0) is 36.0 Å². The van der Waals surface area contributed by atoms with Crippen LogP contribution in [0.2, 0.25) is 0 Å². The third-order valence-electron chi connectivity index (χ3n) is 5.84. The van der Waals surface area contributed by atoms with E-state index in [9.17, 15) is 4.79 Å². The molecule has 2 fully saturated rings. The van der Waals surface area contributed by atoms with Gasteiger partial charge >= 0.3 is 5.97 Å². The monoisotopic (exact) mass is 356 g/mol. The molecule has 3 rings (SSSR count). The van der Waals surface area contributed by atoms with Gasteiger partial charge in [0.05, 0.1) is 7.11 Å². The predicted octanol–water partition coefficient (Wildman–Crippen LogP) is 3.53. The standard InChI is InChI=1S/C21H28N2O3/c1-25-21(24)20-13-18(17-5-3-2-4-6-17)15-23(20)14-16-7-9-19(10-8-16)26-12-11-22/h7-10,17-18,20H,2-6,12-15H2,1H3/t18-,20-/m0/s1. The molecule has 0 bridgehead atoms. The van der Waals surface area contributed by atoms with Crippen LogP contribution in [0.15, 0.2) is 24.3 Å². The molecule has 1 heterocycles. The van der Waals surface area contributed by atoms with Crippen LogP contribution >= 0.6 is 0 Å². The van der Waals surface area contributed by atoms with E-state index >= 15 is 0 Å². The van der Waals surface area contributed by atoms with E-state index in [4.69, 9.17) is 14.7 Å². The lowest BCUT2D eigenvalue weighted by Crippen LogP contribution is -2.36. The van der Waals surface area contributed by atoms with Crippen molar-refractivity contribution in [1.82, 2.24) is 4.90 Å². The van der Waals surface area contributed by atoms with E-state index in [0.29, 0.717) is 11.7 Å². The molecule has 5 heteroatoms. The molecule has 140 valence electrons. The second-order valence-corrected chi connectivity index (χ2v) is 7.45. The minimum absolute atomic E-state index is 0.0545. The van der Waals surface area contributed by atoms with Crippen LogP contribution in [0.1, 0.15) is 44.1 Å². The fourth-order valence-corrected chi connectivity index (χ4v) is 4.48. The molecule has 1 aliphatic carbocycles. The number of benzene rings is 1. The lowest BCUT2D eigenvalue weighted by Gasteiger charge is -2.27. The second kappa shape index (κ2) is 9.05. The highest BCUT2D eigenvalue weighted by Gasteiger charge is 2.40. The van der Waals surface area contributed by atoms with Crippen LogP contribution in [0.3, 0.4) is 0 Å². The molecule has 1 saturated carbocycles. The Bertz CT molecular complexity index is 632. The van der Waals surface area contributed by atoms with Crippen LogP contribution < -0.4 is 4.74 Å². The van der Waals surface area contributed by atoms with Crippen LogP contribution in [0, 0.1) is 23.2 Å². The first-order chi connectivity index (χ1) is 12.7. The van der Waals surface area contributed by atoms with Crippen LogP contribution in [-0.2, 0) is 16.1 Å². The summed E-state index contributed by atoms with van der Waals surface area (Å²) in [5.74, 6) is 1.93. The van der Waals surface area contributed by atoms with Gasteiger partial charge in [0.15, 0.2) is 6.61 Å². The molecule has 1 aliphatic heterocycles. The van der Waals surface area contributed by atoms with Crippen molar-refractivity contribution in [3.63, 3.8) is 0 Å². The van der Waals surface area contributed by atoms with Crippen LogP contribution in [-0.4, -0.2) is 37.2 Å². The maximum atomic E-state index is 12.3. The molecule has 0 amide bonds. The summed E-state index contributed by atoms with van der Waals surface area (Å²) in [6, 6.07) is 9.62. The highest BCUT2D eigenvalue weighted by Crippen LogP contribution is 2.38. The van der Waals surface area contributed by atoms with Crippen molar-refractivity contribution in [3.8, 4) is 11.8 Å². The third-order valence-corrected chi connectivity index (χ3v) is 5.84. The Morgan fingerprint density at radius 3 is 2.58 bits per heavy atom. The number of methoxy groups -OCH3 is 1. The van der Waals surface area contributed by atoms with Gasteiger partial charge in [0.25, 0.3) is 0 Å². The number of carbonyl (C=O) groups excluding carboxylic acids is 1. The Hall–Kier alpha value is -2.06. The summed E-state index contributed by atoms with van der Waals surface area (Å²) in [7, 11) is 1.48. The summed E-state index contributed by atoms with van der Waals surface area (Å²) in [5, 5.41) is 8.58. The van der Waals surface area contributed by atoms with Crippen molar-refractivity contribution in [2.24, 2.45) is 11.8 Å². The average molecular weight is 356 g/mol. The first kappa shape index (κ1) is 18.7. The van der Waals surface area contributed by atoms with Crippen LogP contribution in [0.4, 0.5) is 0 Å². The number of hydrogen-bond donors (Lipinski definition) is 0. The Morgan fingerprint density at radius 2 is 1.92 bits per heavy atom. The smallest absolute Gasteiger partial charge is 0.323 e. The van der Waals surface area contributed by atoms with Gasteiger partial charge in [-0.3, -0.25) is 9.69 Å². The second-order valence-electron chi connectivity index (χ2n) is 7.45. The Kier molecular flexibility index (Phi) is 6.51. The lowest BCUT2D eigenvalue weighted by molar-refractivity contribution is -0.146. The van der Waals surface area contributed by atoms with Crippen LogP contribution in [0.5, 0.6) is 5.75 Å². The van der Waals surface area contributed by atoms with E-state index in [-0.39, 0.29) is 18.6 Å². The molecule has 0 N–H and O–H groups in total. The topological polar surface area (TPSA) is 62.6 Å². The lowest BCUT2D eigenvalue weighted by atomic mass is 9.79. The predicted molar refractivity (Wildman–Crippen MR) is 98.4 cm³/mol. The normalized spacial score (nSPS) is 24.2. The molecule has 0 radical (unpaired) electrons. The van der Waals surface area contributed by atoms with Crippen molar-refractivity contribution < 1.29 is 14.3 Å². The van der Waals surface area contributed by atoms with Crippen molar-refractivity contribution >= 4 is 5.97 Å². The SMILES string of the molecule is COC(=O)[C@@H]1C[C@H](C2CCCCC2)CN1Cc1ccc(OCC#N)cc1. The minimum atomic E-state index is -0.138. The van der Waals surface area contributed by atoms with Gasteiger partial charge in [-0.25, -0.2) is 0 Å². The number of ether oxygens (including phenoxy) is 2. The Balaban J connectivity index is 1.65. The molecular formula is C21H28N2O3.